The van der Waals surface area contributed by atoms with Gasteiger partial charge in [0.2, 0.25) is 5.82 Å². The van der Waals surface area contributed by atoms with E-state index in [-0.39, 0.29) is 17.4 Å². The number of benzene rings is 1. The van der Waals surface area contributed by atoms with Gasteiger partial charge in [-0.2, -0.15) is 4.98 Å². The van der Waals surface area contributed by atoms with Crippen LogP contribution in [0.2, 0.25) is 0 Å². The molecule has 0 saturated carbocycles. The smallest absolute Gasteiger partial charge is 0.262 e. The summed E-state index contributed by atoms with van der Waals surface area (Å²) < 4.78 is 5.10. The molecule has 0 radical (unpaired) electrons. The van der Waals surface area contributed by atoms with E-state index in [0.717, 1.165) is 0 Å². The standard InChI is InChI=1S/C13H9N3O3/c17-9-3-1-8(2-4-9)12-15-13(19-16-12)10-5-6-14-7-11(10)18/h1-7,17-18H. The van der Waals surface area contributed by atoms with Crippen molar-refractivity contribution in [3.8, 4) is 34.3 Å². The quantitative estimate of drug-likeness (QED) is 0.729. The molecule has 0 aliphatic rings. The highest BCUT2D eigenvalue weighted by molar-refractivity contribution is 5.64. The molecule has 6 heteroatoms. The highest BCUT2D eigenvalue weighted by Gasteiger charge is 2.13. The molecule has 0 spiro atoms. The molecule has 0 atom stereocenters. The highest BCUT2D eigenvalue weighted by Crippen LogP contribution is 2.28. The summed E-state index contributed by atoms with van der Waals surface area (Å²) in [6.07, 6.45) is 2.83. The van der Waals surface area contributed by atoms with Crippen LogP contribution in [-0.2, 0) is 0 Å². The molecule has 2 aromatic heterocycles. The molecule has 3 aromatic rings. The second kappa shape index (κ2) is 4.41. The summed E-state index contributed by atoms with van der Waals surface area (Å²) in [7, 11) is 0. The minimum absolute atomic E-state index is 0.0246. The largest absolute Gasteiger partial charge is 0.508 e. The fraction of sp³-hybridized carbons (Fsp3) is 0. The average molecular weight is 255 g/mol. The summed E-state index contributed by atoms with van der Waals surface area (Å²) in [5.74, 6) is 0.733. The zero-order valence-electron chi connectivity index (χ0n) is 9.69. The summed E-state index contributed by atoms with van der Waals surface area (Å²) in [5.41, 5.74) is 1.13. The Morgan fingerprint density at radius 3 is 2.53 bits per heavy atom. The first-order valence-corrected chi connectivity index (χ1v) is 5.50. The Balaban J connectivity index is 2.00. The third-order valence-corrected chi connectivity index (χ3v) is 2.58. The topological polar surface area (TPSA) is 92.3 Å². The second-order valence-corrected chi connectivity index (χ2v) is 3.86. The predicted molar refractivity (Wildman–Crippen MR) is 66.3 cm³/mol. The normalized spacial score (nSPS) is 10.5. The van der Waals surface area contributed by atoms with Gasteiger partial charge >= 0.3 is 0 Å². The van der Waals surface area contributed by atoms with Crippen molar-refractivity contribution >= 4 is 0 Å². The van der Waals surface area contributed by atoms with Gasteiger partial charge in [-0.15, -0.1) is 0 Å². The van der Waals surface area contributed by atoms with Gasteiger partial charge in [-0.3, -0.25) is 4.98 Å². The number of pyridine rings is 1. The van der Waals surface area contributed by atoms with Crippen molar-refractivity contribution in [2.24, 2.45) is 0 Å². The molecule has 2 N–H and O–H groups in total. The van der Waals surface area contributed by atoms with E-state index in [4.69, 9.17) is 4.52 Å². The number of aromatic hydroxyl groups is 2. The van der Waals surface area contributed by atoms with Gasteiger partial charge < -0.3 is 14.7 Å². The van der Waals surface area contributed by atoms with Crippen LogP contribution in [0.4, 0.5) is 0 Å². The van der Waals surface area contributed by atoms with Crippen LogP contribution in [0.15, 0.2) is 47.2 Å². The van der Waals surface area contributed by atoms with Crippen LogP contribution >= 0.6 is 0 Å². The molecule has 19 heavy (non-hydrogen) atoms. The molecule has 94 valence electrons. The van der Waals surface area contributed by atoms with E-state index in [2.05, 4.69) is 15.1 Å². The predicted octanol–water partition coefficient (Wildman–Crippen LogP) is 2.21. The van der Waals surface area contributed by atoms with Crippen molar-refractivity contribution in [1.29, 1.82) is 0 Å². The third kappa shape index (κ3) is 2.11. The van der Waals surface area contributed by atoms with E-state index >= 15 is 0 Å². The molecule has 1 aromatic carbocycles. The van der Waals surface area contributed by atoms with Crippen molar-refractivity contribution in [3.63, 3.8) is 0 Å². The SMILES string of the molecule is Oc1ccc(-c2noc(-c3ccncc3O)n2)cc1. The Hall–Kier alpha value is -2.89. The molecule has 0 aliphatic carbocycles. The van der Waals surface area contributed by atoms with Gasteiger partial charge in [0, 0.05) is 11.8 Å². The van der Waals surface area contributed by atoms with Crippen LogP contribution in [0, 0.1) is 0 Å². The molecule has 6 nitrogen and oxygen atoms in total. The fourth-order valence-corrected chi connectivity index (χ4v) is 1.63. The molecule has 0 unspecified atom stereocenters. The van der Waals surface area contributed by atoms with Crippen molar-refractivity contribution < 1.29 is 14.7 Å². The van der Waals surface area contributed by atoms with Gasteiger partial charge in [0.25, 0.3) is 5.89 Å². The lowest BCUT2D eigenvalue weighted by atomic mass is 10.2. The average Bonchev–Trinajstić information content (AvgIpc) is 2.89. The van der Waals surface area contributed by atoms with E-state index in [1.807, 2.05) is 0 Å². The number of hydrogen-bond donors (Lipinski definition) is 2. The van der Waals surface area contributed by atoms with Crippen LogP contribution in [0.3, 0.4) is 0 Å². The second-order valence-electron chi connectivity index (χ2n) is 3.86. The van der Waals surface area contributed by atoms with Crippen LogP contribution in [0.25, 0.3) is 22.8 Å². The molecule has 0 fully saturated rings. The first kappa shape index (κ1) is 11.2. The number of phenols is 1. The highest BCUT2D eigenvalue weighted by atomic mass is 16.5. The van der Waals surface area contributed by atoms with Crippen molar-refractivity contribution in [2.45, 2.75) is 0 Å². The summed E-state index contributed by atoms with van der Waals surface area (Å²) >= 11 is 0. The van der Waals surface area contributed by atoms with Gasteiger partial charge in [-0.05, 0) is 30.3 Å². The molecular weight excluding hydrogens is 246 g/mol. The van der Waals surface area contributed by atoms with E-state index in [0.29, 0.717) is 17.0 Å². The third-order valence-electron chi connectivity index (χ3n) is 2.58. The van der Waals surface area contributed by atoms with Gasteiger partial charge in [-0.1, -0.05) is 5.16 Å². The first-order chi connectivity index (χ1) is 9.24. The number of hydrogen-bond acceptors (Lipinski definition) is 6. The van der Waals surface area contributed by atoms with E-state index < -0.39 is 0 Å². The van der Waals surface area contributed by atoms with Crippen molar-refractivity contribution in [1.82, 2.24) is 15.1 Å². The zero-order valence-corrected chi connectivity index (χ0v) is 9.69. The molecule has 0 aliphatic heterocycles. The zero-order chi connectivity index (χ0) is 13.2. The fourth-order valence-electron chi connectivity index (χ4n) is 1.63. The van der Waals surface area contributed by atoms with E-state index in [1.165, 1.54) is 24.5 Å². The lowest BCUT2D eigenvalue weighted by Crippen LogP contribution is -1.82. The lowest BCUT2D eigenvalue weighted by Gasteiger charge is -1.96. The van der Waals surface area contributed by atoms with Gasteiger partial charge in [-0.25, -0.2) is 0 Å². The van der Waals surface area contributed by atoms with E-state index in [1.54, 1.807) is 18.2 Å². The number of rotatable bonds is 2. The van der Waals surface area contributed by atoms with Crippen LogP contribution in [-0.4, -0.2) is 25.3 Å². The molecular formula is C13H9N3O3. The molecule has 2 heterocycles. The number of phenolic OH excluding ortho intramolecular Hbond substituents is 1. The van der Waals surface area contributed by atoms with Crippen LogP contribution in [0.1, 0.15) is 0 Å². The Morgan fingerprint density at radius 1 is 1.00 bits per heavy atom. The van der Waals surface area contributed by atoms with Crippen molar-refractivity contribution in [3.05, 3.63) is 42.7 Å². The van der Waals surface area contributed by atoms with E-state index in [9.17, 15) is 10.2 Å². The molecule has 0 bridgehead atoms. The Labute approximate surface area is 108 Å². The molecule has 3 rings (SSSR count). The Morgan fingerprint density at radius 2 is 1.79 bits per heavy atom. The lowest BCUT2D eigenvalue weighted by molar-refractivity contribution is 0.425. The number of aromatic nitrogens is 3. The maximum Gasteiger partial charge on any atom is 0.262 e. The Kier molecular flexibility index (Phi) is 2.60. The molecule has 0 saturated heterocycles. The van der Waals surface area contributed by atoms with Gasteiger partial charge in [0.1, 0.15) is 11.5 Å². The number of nitrogens with zero attached hydrogens (tertiary/aromatic N) is 3. The summed E-state index contributed by atoms with van der Waals surface area (Å²) in [4.78, 5) is 7.97. The summed E-state index contributed by atoms with van der Waals surface area (Å²) in [6.45, 7) is 0. The summed E-state index contributed by atoms with van der Waals surface area (Å²) in [6, 6.07) is 8.01. The first-order valence-electron chi connectivity index (χ1n) is 5.50. The van der Waals surface area contributed by atoms with Gasteiger partial charge in [0.05, 0.1) is 11.8 Å². The van der Waals surface area contributed by atoms with Crippen LogP contribution < -0.4 is 0 Å². The monoisotopic (exact) mass is 255 g/mol. The molecule has 0 amide bonds. The summed E-state index contributed by atoms with van der Waals surface area (Å²) in [5, 5.41) is 22.7. The Bertz CT molecular complexity index is 707. The van der Waals surface area contributed by atoms with Crippen molar-refractivity contribution in [2.75, 3.05) is 0 Å². The van der Waals surface area contributed by atoms with Crippen LogP contribution in [0.5, 0.6) is 11.5 Å². The van der Waals surface area contributed by atoms with Gasteiger partial charge in [0.15, 0.2) is 0 Å². The maximum atomic E-state index is 9.66. The minimum atomic E-state index is -0.0246. The maximum absolute atomic E-state index is 9.66. The minimum Gasteiger partial charge on any atom is -0.508 e.